The van der Waals surface area contributed by atoms with Crippen molar-refractivity contribution in [2.24, 2.45) is 0 Å². The van der Waals surface area contributed by atoms with E-state index in [2.05, 4.69) is 15.9 Å². The fourth-order valence-corrected chi connectivity index (χ4v) is 1.77. The molecule has 0 aliphatic carbocycles. The molecule has 0 bridgehead atoms. The van der Waals surface area contributed by atoms with Gasteiger partial charge in [-0.25, -0.2) is 4.39 Å². The number of rotatable bonds is 1. The zero-order chi connectivity index (χ0) is 10.2. The van der Waals surface area contributed by atoms with Gasteiger partial charge in [-0.15, -0.1) is 0 Å². The molecule has 1 rings (SSSR count). The van der Waals surface area contributed by atoms with Gasteiger partial charge in [-0.3, -0.25) is 0 Å². The maximum absolute atomic E-state index is 13.2. The Morgan fingerprint density at radius 2 is 2.08 bits per heavy atom. The van der Waals surface area contributed by atoms with Crippen LogP contribution in [0, 0.1) is 12.7 Å². The molecule has 2 N–H and O–H groups in total. The van der Waals surface area contributed by atoms with E-state index in [1.165, 1.54) is 6.07 Å². The molecule has 0 aliphatic heterocycles. The van der Waals surface area contributed by atoms with Gasteiger partial charge in [0, 0.05) is 10.5 Å². The third-order valence-corrected chi connectivity index (χ3v) is 2.71. The van der Waals surface area contributed by atoms with Crippen LogP contribution in [0.25, 0.3) is 0 Å². The molecule has 13 heavy (non-hydrogen) atoms. The van der Waals surface area contributed by atoms with Crippen molar-refractivity contribution in [3.8, 4) is 0 Å². The standard InChI is InChI=1S/C7H6BBrClFO2/c1-3-2-4(9)7(11)5(6(3)10)8(12)13/h2,12-13H,1H3. The predicted molar refractivity (Wildman–Crippen MR) is 53.7 cm³/mol. The number of hydrogen-bond donors (Lipinski definition) is 2. The SMILES string of the molecule is Cc1cc(Br)c(F)c(B(O)O)c1Cl. The maximum atomic E-state index is 13.2. The van der Waals surface area contributed by atoms with Crippen molar-refractivity contribution in [3.63, 3.8) is 0 Å². The summed E-state index contributed by atoms with van der Waals surface area (Å²) in [7, 11) is -1.90. The van der Waals surface area contributed by atoms with Gasteiger partial charge in [0.05, 0.1) is 4.47 Å². The monoisotopic (exact) mass is 266 g/mol. The van der Waals surface area contributed by atoms with E-state index in [0.717, 1.165) is 0 Å². The van der Waals surface area contributed by atoms with Crippen molar-refractivity contribution in [2.45, 2.75) is 6.92 Å². The summed E-state index contributed by atoms with van der Waals surface area (Å²) in [5.74, 6) is -0.745. The molecular formula is C7H6BBrClFO2. The summed E-state index contributed by atoms with van der Waals surface area (Å²) in [6.07, 6.45) is 0. The number of benzene rings is 1. The van der Waals surface area contributed by atoms with E-state index in [1.807, 2.05) is 0 Å². The van der Waals surface area contributed by atoms with Gasteiger partial charge in [0.2, 0.25) is 0 Å². The Balaban J connectivity index is 3.46. The molecule has 0 heterocycles. The van der Waals surface area contributed by atoms with Crippen LogP contribution in [0.15, 0.2) is 10.5 Å². The first-order chi connectivity index (χ1) is 5.95. The highest BCUT2D eigenvalue weighted by Gasteiger charge is 2.23. The third-order valence-electron chi connectivity index (χ3n) is 1.63. The van der Waals surface area contributed by atoms with Gasteiger partial charge in [-0.1, -0.05) is 11.6 Å². The van der Waals surface area contributed by atoms with E-state index in [0.29, 0.717) is 5.56 Å². The van der Waals surface area contributed by atoms with Crippen LogP contribution in [-0.2, 0) is 0 Å². The number of halogens is 3. The van der Waals surface area contributed by atoms with Crippen LogP contribution < -0.4 is 5.46 Å². The summed E-state index contributed by atoms with van der Waals surface area (Å²) < 4.78 is 13.4. The van der Waals surface area contributed by atoms with Crippen LogP contribution in [-0.4, -0.2) is 17.2 Å². The molecule has 0 saturated heterocycles. The topological polar surface area (TPSA) is 40.5 Å². The summed E-state index contributed by atoms with van der Waals surface area (Å²) in [6.45, 7) is 1.65. The normalized spacial score (nSPS) is 10.3. The summed E-state index contributed by atoms with van der Waals surface area (Å²) in [6, 6.07) is 1.48. The van der Waals surface area contributed by atoms with Crippen molar-refractivity contribution in [3.05, 3.63) is 26.9 Å². The van der Waals surface area contributed by atoms with E-state index in [-0.39, 0.29) is 15.0 Å². The van der Waals surface area contributed by atoms with Gasteiger partial charge < -0.3 is 10.0 Å². The molecule has 0 spiro atoms. The van der Waals surface area contributed by atoms with Gasteiger partial charge in [0.1, 0.15) is 5.82 Å². The van der Waals surface area contributed by atoms with Gasteiger partial charge >= 0.3 is 7.12 Å². The predicted octanol–water partition coefficient (Wildman–Crippen LogP) is 1.23. The Kier molecular flexibility index (Phi) is 3.35. The average molecular weight is 267 g/mol. The maximum Gasteiger partial charge on any atom is 0.493 e. The van der Waals surface area contributed by atoms with Gasteiger partial charge in [0.15, 0.2) is 0 Å². The summed E-state index contributed by atoms with van der Waals surface area (Å²) >= 11 is 8.63. The lowest BCUT2D eigenvalue weighted by atomic mass is 9.79. The molecule has 1 aromatic carbocycles. The Morgan fingerprint density at radius 1 is 1.54 bits per heavy atom. The summed E-state index contributed by atoms with van der Waals surface area (Å²) in [4.78, 5) is 0. The Labute approximate surface area is 88.6 Å². The second-order valence-electron chi connectivity index (χ2n) is 2.59. The molecule has 0 atom stereocenters. The largest absolute Gasteiger partial charge is 0.493 e. The van der Waals surface area contributed by atoms with Crippen LogP contribution in [0.3, 0.4) is 0 Å². The second kappa shape index (κ2) is 3.96. The van der Waals surface area contributed by atoms with E-state index in [4.69, 9.17) is 21.6 Å². The average Bonchev–Trinajstić information content (AvgIpc) is 2.01. The Bertz CT molecular complexity index is 320. The molecular weight excluding hydrogens is 261 g/mol. The van der Waals surface area contributed by atoms with Gasteiger partial charge in [-0.05, 0) is 34.5 Å². The lowest BCUT2D eigenvalue weighted by molar-refractivity contribution is 0.423. The lowest BCUT2D eigenvalue weighted by Gasteiger charge is -2.08. The van der Waals surface area contributed by atoms with E-state index in [1.54, 1.807) is 6.92 Å². The first kappa shape index (κ1) is 11.0. The molecule has 2 nitrogen and oxygen atoms in total. The van der Waals surface area contributed by atoms with Crippen molar-refractivity contribution < 1.29 is 14.4 Å². The smallest absolute Gasteiger partial charge is 0.423 e. The van der Waals surface area contributed by atoms with Crippen LogP contribution in [0.5, 0.6) is 0 Å². The molecule has 0 unspecified atom stereocenters. The molecule has 0 amide bonds. The van der Waals surface area contributed by atoms with Gasteiger partial charge in [0.25, 0.3) is 0 Å². The molecule has 0 fully saturated rings. The van der Waals surface area contributed by atoms with Crippen molar-refractivity contribution in [1.82, 2.24) is 0 Å². The minimum Gasteiger partial charge on any atom is -0.423 e. The van der Waals surface area contributed by atoms with E-state index >= 15 is 0 Å². The fraction of sp³-hybridized carbons (Fsp3) is 0.143. The molecule has 6 heteroatoms. The summed E-state index contributed by atoms with van der Waals surface area (Å²) in [5, 5.41) is 17.7. The minimum atomic E-state index is -1.90. The van der Waals surface area contributed by atoms with Crippen molar-refractivity contribution >= 4 is 40.1 Å². The lowest BCUT2D eigenvalue weighted by Crippen LogP contribution is -2.34. The molecule has 0 aliphatic rings. The molecule has 0 saturated carbocycles. The van der Waals surface area contributed by atoms with Crippen molar-refractivity contribution in [2.75, 3.05) is 0 Å². The third kappa shape index (κ3) is 2.04. The second-order valence-corrected chi connectivity index (χ2v) is 3.82. The van der Waals surface area contributed by atoms with Crippen LogP contribution in [0.1, 0.15) is 5.56 Å². The fourth-order valence-electron chi connectivity index (χ4n) is 0.981. The van der Waals surface area contributed by atoms with Crippen LogP contribution in [0.4, 0.5) is 4.39 Å². The van der Waals surface area contributed by atoms with E-state index in [9.17, 15) is 4.39 Å². The summed E-state index contributed by atoms with van der Waals surface area (Å²) in [5.41, 5.74) is 0.284. The van der Waals surface area contributed by atoms with Crippen LogP contribution in [0.2, 0.25) is 5.02 Å². The quantitative estimate of drug-likeness (QED) is 0.593. The molecule has 70 valence electrons. The number of aryl methyl sites for hydroxylation is 1. The Hall–Kier alpha value is -0.0951. The van der Waals surface area contributed by atoms with Crippen LogP contribution >= 0.6 is 27.5 Å². The van der Waals surface area contributed by atoms with Gasteiger partial charge in [-0.2, -0.15) is 0 Å². The molecule has 0 aromatic heterocycles. The first-order valence-electron chi connectivity index (χ1n) is 3.45. The molecule has 0 radical (unpaired) electrons. The zero-order valence-electron chi connectivity index (χ0n) is 6.68. The molecule has 1 aromatic rings. The highest BCUT2D eigenvalue weighted by Crippen LogP contribution is 2.22. The highest BCUT2D eigenvalue weighted by atomic mass is 79.9. The first-order valence-corrected chi connectivity index (χ1v) is 4.62. The number of hydrogen-bond acceptors (Lipinski definition) is 2. The highest BCUT2D eigenvalue weighted by molar-refractivity contribution is 9.10. The van der Waals surface area contributed by atoms with Crippen molar-refractivity contribution in [1.29, 1.82) is 0 Å². The Morgan fingerprint density at radius 3 is 2.54 bits per heavy atom. The van der Waals surface area contributed by atoms with E-state index < -0.39 is 12.9 Å². The zero-order valence-corrected chi connectivity index (χ0v) is 9.02. The minimum absolute atomic E-state index is 0.0377.